The van der Waals surface area contributed by atoms with Crippen molar-refractivity contribution in [2.75, 3.05) is 26.2 Å². The van der Waals surface area contributed by atoms with Crippen LogP contribution >= 0.6 is 0 Å². The number of fused-ring (bicyclic) bond motifs is 1. The van der Waals surface area contributed by atoms with Crippen molar-refractivity contribution in [1.82, 2.24) is 9.80 Å². The Kier molecular flexibility index (Phi) is 3.89. The second-order valence-corrected chi connectivity index (χ2v) is 7.36. The van der Waals surface area contributed by atoms with Crippen molar-refractivity contribution in [1.29, 1.82) is 0 Å². The minimum Gasteiger partial charge on any atom is -0.329 e. The standard InChI is InChI=1S/C16H31N3/c1-13(2)15-6-4-9-19(15)16(12-17)7-10-18-8-3-5-14(18)11-16/h13-15H,3-12,17H2,1-2H3. The molecule has 3 aliphatic rings. The van der Waals surface area contributed by atoms with Gasteiger partial charge in [-0.15, -0.1) is 0 Å². The van der Waals surface area contributed by atoms with Crippen LogP contribution in [0, 0.1) is 5.92 Å². The molecular formula is C16H31N3. The van der Waals surface area contributed by atoms with Gasteiger partial charge < -0.3 is 10.6 Å². The van der Waals surface area contributed by atoms with Crippen molar-refractivity contribution in [3.63, 3.8) is 0 Å². The average Bonchev–Trinajstić information content (AvgIpc) is 3.06. The summed E-state index contributed by atoms with van der Waals surface area (Å²) in [5, 5.41) is 0. The molecule has 2 N–H and O–H groups in total. The lowest BCUT2D eigenvalue weighted by Gasteiger charge is -2.51. The zero-order chi connectivity index (χ0) is 13.5. The van der Waals surface area contributed by atoms with E-state index in [4.69, 9.17) is 5.73 Å². The Labute approximate surface area is 118 Å². The highest BCUT2D eigenvalue weighted by Crippen LogP contribution is 2.41. The first kappa shape index (κ1) is 13.8. The number of piperidine rings is 1. The Morgan fingerprint density at radius 1 is 1.16 bits per heavy atom. The molecule has 3 rings (SSSR count). The molecule has 0 saturated carbocycles. The van der Waals surface area contributed by atoms with Crippen molar-refractivity contribution in [2.24, 2.45) is 11.7 Å². The molecule has 3 heterocycles. The molecule has 3 aliphatic heterocycles. The average molecular weight is 265 g/mol. The predicted molar refractivity (Wildman–Crippen MR) is 80.2 cm³/mol. The molecule has 0 aromatic carbocycles. The van der Waals surface area contributed by atoms with E-state index in [1.54, 1.807) is 0 Å². The predicted octanol–water partition coefficient (Wildman–Crippen LogP) is 2.06. The largest absolute Gasteiger partial charge is 0.329 e. The first-order valence-electron chi connectivity index (χ1n) is 8.37. The maximum atomic E-state index is 6.30. The second kappa shape index (κ2) is 5.34. The lowest BCUT2D eigenvalue weighted by molar-refractivity contribution is -0.00803. The zero-order valence-electron chi connectivity index (χ0n) is 12.8. The summed E-state index contributed by atoms with van der Waals surface area (Å²) in [4.78, 5) is 5.54. The maximum absolute atomic E-state index is 6.30. The van der Waals surface area contributed by atoms with Crippen LogP contribution in [-0.4, -0.2) is 53.6 Å². The normalized spacial score (nSPS) is 41.1. The Morgan fingerprint density at radius 2 is 1.95 bits per heavy atom. The van der Waals surface area contributed by atoms with Crippen molar-refractivity contribution in [2.45, 2.75) is 70.0 Å². The number of rotatable bonds is 3. The molecule has 3 fully saturated rings. The molecule has 3 saturated heterocycles. The molecule has 3 unspecified atom stereocenters. The van der Waals surface area contributed by atoms with E-state index in [1.165, 1.54) is 58.2 Å². The molecule has 3 heteroatoms. The van der Waals surface area contributed by atoms with Crippen LogP contribution in [0.5, 0.6) is 0 Å². The van der Waals surface area contributed by atoms with Gasteiger partial charge in [0.25, 0.3) is 0 Å². The molecule has 3 nitrogen and oxygen atoms in total. The topological polar surface area (TPSA) is 32.5 Å². The highest BCUT2D eigenvalue weighted by molar-refractivity contribution is 5.05. The van der Waals surface area contributed by atoms with Gasteiger partial charge in [-0.05, 0) is 57.5 Å². The Morgan fingerprint density at radius 3 is 2.68 bits per heavy atom. The molecular weight excluding hydrogens is 234 g/mol. The van der Waals surface area contributed by atoms with Crippen molar-refractivity contribution in [3.8, 4) is 0 Å². The Bertz CT molecular complexity index is 317. The smallest absolute Gasteiger partial charge is 0.0361 e. The van der Waals surface area contributed by atoms with Gasteiger partial charge in [0.15, 0.2) is 0 Å². The fraction of sp³-hybridized carbons (Fsp3) is 1.00. The summed E-state index contributed by atoms with van der Waals surface area (Å²) in [6.07, 6.45) is 8.18. The molecule has 0 radical (unpaired) electrons. The molecule has 3 atom stereocenters. The second-order valence-electron chi connectivity index (χ2n) is 7.36. The first-order chi connectivity index (χ1) is 9.16. The van der Waals surface area contributed by atoms with E-state index in [0.717, 1.165) is 24.5 Å². The van der Waals surface area contributed by atoms with Crippen LogP contribution in [0.3, 0.4) is 0 Å². The van der Waals surface area contributed by atoms with E-state index in [1.807, 2.05) is 0 Å². The monoisotopic (exact) mass is 265 g/mol. The number of hydrogen-bond donors (Lipinski definition) is 1. The fourth-order valence-corrected chi connectivity index (χ4v) is 4.95. The fourth-order valence-electron chi connectivity index (χ4n) is 4.95. The summed E-state index contributed by atoms with van der Waals surface area (Å²) in [6.45, 7) is 9.53. The SMILES string of the molecule is CC(C)C1CCCN1C1(CN)CCN2CCCC2C1. The van der Waals surface area contributed by atoms with E-state index in [9.17, 15) is 0 Å². The molecule has 0 aromatic heterocycles. The zero-order valence-corrected chi connectivity index (χ0v) is 12.8. The van der Waals surface area contributed by atoms with Gasteiger partial charge in [-0.2, -0.15) is 0 Å². The summed E-state index contributed by atoms with van der Waals surface area (Å²) in [5.74, 6) is 0.771. The van der Waals surface area contributed by atoms with Crippen LogP contribution in [0.4, 0.5) is 0 Å². The molecule has 0 aliphatic carbocycles. The van der Waals surface area contributed by atoms with Crippen LogP contribution in [0.2, 0.25) is 0 Å². The van der Waals surface area contributed by atoms with E-state index < -0.39 is 0 Å². The molecule has 0 bridgehead atoms. The number of hydrogen-bond acceptors (Lipinski definition) is 3. The van der Waals surface area contributed by atoms with Crippen LogP contribution in [0.25, 0.3) is 0 Å². The highest BCUT2D eigenvalue weighted by Gasteiger charge is 2.47. The molecule has 0 spiro atoms. The van der Waals surface area contributed by atoms with Crippen molar-refractivity contribution in [3.05, 3.63) is 0 Å². The molecule has 0 amide bonds. The summed E-state index contributed by atoms with van der Waals surface area (Å²) in [7, 11) is 0. The third kappa shape index (κ3) is 2.34. The number of nitrogens with zero attached hydrogens (tertiary/aromatic N) is 2. The highest BCUT2D eigenvalue weighted by atomic mass is 15.3. The van der Waals surface area contributed by atoms with Gasteiger partial charge in [0, 0.05) is 30.7 Å². The minimum atomic E-state index is 0.316. The summed E-state index contributed by atoms with van der Waals surface area (Å²) >= 11 is 0. The summed E-state index contributed by atoms with van der Waals surface area (Å²) < 4.78 is 0. The van der Waals surface area contributed by atoms with Crippen molar-refractivity contribution >= 4 is 0 Å². The number of nitrogens with two attached hydrogens (primary N) is 1. The first-order valence-corrected chi connectivity index (χ1v) is 8.37. The van der Waals surface area contributed by atoms with Gasteiger partial charge in [-0.1, -0.05) is 13.8 Å². The van der Waals surface area contributed by atoms with Crippen LogP contribution in [0.1, 0.15) is 52.4 Å². The third-order valence-corrected chi connectivity index (χ3v) is 6.04. The molecule has 19 heavy (non-hydrogen) atoms. The summed E-state index contributed by atoms with van der Waals surface area (Å²) in [6, 6.07) is 1.60. The van der Waals surface area contributed by atoms with Gasteiger partial charge in [0.05, 0.1) is 0 Å². The van der Waals surface area contributed by atoms with E-state index >= 15 is 0 Å². The Hall–Kier alpha value is -0.120. The van der Waals surface area contributed by atoms with Crippen LogP contribution < -0.4 is 5.73 Å². The van der Waals surface area contributed by atoms with Gasteiger partial charge in [0.1, 0.15) is 0 Å². The third-order valence-electron chi connectivity index (χ3n) is 6.04. The molecule has 110 valence electrons. The van der Waals surface area contributed by atoms with Gasteiger partial charge in [0.2, 0.25) is 0 Å². The Balaban J connectivity index is 1.78. The van der Waals surface area contributed by atoms with Crippen LogP contribution in [0.15, 0.2) is 0 Å². The van der Waals surface area contributed by atoms with Crippen molar-refractivity contribution < 1.29 is 0 Å². The van der Waals surface area contributed by atoms with Crippen LogP contribution in [-0.2, 0) is 0 Å². The quantitative estimate of drug-likeness (QED) is 0.848. The lowest BCUT2D eigenvalue weighted by Crippen LogP contribution is -2.62. The number of likely N-dealkylation sites (tertiary alicyclic amines) is 1. The van der Waals surface area contributed by atoms with Gasteiger partial charge >= 0.3 is 0 Å². The van der Waals surface area contributed by atoms with E-state index in [0.29, 0.717) is 5.54 Å². The van der Waals surface area contributed by atoms with Gasteiger partial charge in [-0.25, -0.2) is 0 Å². The summed E-state index contributed by atoms with van der Waals surface area (Å²) in [5.41, 5.74) is 6.62. The minimum absolute atomic E-state index is 0.316. The van der Waals surface area contributed by atoms with E-state index in [2.05, 4.69) is 23.6 Å². The maximum Gasteiger partial charge on any atom is 0.0361 e. The molecule has 0 aromatic rings. The van der Waals surface area contributed by atoms with E-state index in [-0.39, 0.29) is 0 Å². The van der Waals surface area contributed by atoms with Gasteiger partial charge in [-0.3, -0.25) is 4.90 Å². The lowest BCUT2D eigenvalue weighted by atomic mass is 9.80.